The number of aldehydes is 1. The average Bonchev–Trinajstić information content (AvgIpc) is 1.87. The smallest absolute Gasteiger partial charge is 0.323 e. The minimum atomic E-state index is -1.18. The highest BCUT2D eigenvalue weighted by molar-refractivity contribution is 5.73. The quantitative estimate of drug-likeness (QED) is 0.452. The molecule has 0 radical (unpaired) electrons. The standard InChI is InChI=1S/C4H9NO3.C2H4O/c1-2(6)3(5)4(7)8;1-2-3/h2-3,6H,5H2,1H3,(H,7,8);2H,1H3/t2-,3+;/m1./s1. The largest absolute Gasteiger partial charge is 0.480 e. The highest BCUT2D eigenvalue weighted by Gasteiger charge is 2.16. The van der Waals surface area contributed by atoms with Crippen molar-refractivity contribution in [3.8, 4) is 0 Å². The van der Waals surface area contributed by atoms with Gasteiger partial charge >= 0.3 is 5.97 Å². The molecule has 0 aromatic heterocycles. The second-order valence-corrected chi connectivity index (χ2v) is 1.84. The van der Waals surface area contributed by atoms with Crippen LogP contribution in [0.1, 0.15) is 13.8 Å². The van der Waals surface area contributed by atoms with Crippen LogP contribution in [0.4, 0.5) is 0 Å². The summed E-state index contributed by atoms with van der Waals surface area (Å²) in [7, 11) is 0. The molecule has 0 amide bonds. The molecule has 0 aliphatic carbocycles. The van der Waals surface area contributed by atoms with Crippen LogP contribution in [0.5, 0.6) is 0 Å². The molecule has 0 spiro atoms. The molecule has 0 aliphatic heterocycles. The second-order valence-electron chi connectivity index (χ2n) is 1.84. The maximum absolute atomic E-state index is 9.86. The number of carbonyl (C=O) groups is 2. The first-order chi connectivity index (χ1) is 4.97. The van der Waals surface area contributed by atoms with E-state index in [2.05, 4.69) is 0 Å². The van der Waals surface area contributed by atoms with Gasteiger partial charge in [0.05, 0.1) is 6.10 Å². The highest BCUT2D eigenvalue weighted by atomic mass is 16.4. The molecule has 4 N–H and O–H groups in total. The molecule has 0 unspecified atom stereocenters. The molecule has 0 aliphatic rings. The SMILES string of the molecule is CC=O.C[C@@H](O)[C@H](N)C(=O)O. The Morgan fingerprint density at radius 2 is 1.91 bits per heavy atom. The first-order valence-electron chi connectivity index (χ1n) is 3.03. The molecule has 0 saturated carbocycles. The molecule has 66 valence electrons. The molecule has 0 rings (SSSR count). The zero-order valence-electron chi connectivity index (χ0n) is 6.52. The number of carboxylic acids is 1. The monoisotopic (exact) mass is 163 g/mol. The molecule has 5 heteroatoms. The van der Waals surface area contributed by atoms with Crippen LogP contribution in [0.2, 0.25) is 0 Å². The summed E-state index contributed by atoms with van der Waals surface area (Å²) in [6.45, 7) is 2.78. The predicted octanol–water partition coefficient (Wildman–Crippen LogP) is -1.02. The van der Waals surface area contributed by atoms with Gasteiger partial charge in [0.2, 0.25) is 0 Å². The van der Waals surface area contributed by atoms with Crippen LogP contribution in [0.25, 0.3) is 0 Å². The van der Waals surface area contributed by atoms with Crippen molar-refractivity contribution in [1.82, 2.24) is 0 Å². The van der Waals surface area contributed by atoms with Gasteiger partial charge in [-0.3, -0.25) is 4.79 Å². The average molecular weight is 163 g/mol. The van der Waals surface area contributed by atoms with Crippen LogP contribution in [-0.2, 0) is 9.59 Å². The molecule has 5 nitrogen and oxygen atoms in total. The van der Waals surface area contributed by atoms with Gasteiger partial charge in [0.25, 0.3) is 0 Å². The molecule has 0 aromatic rings. The predicted molar refractivity (Wildman–Crippen MR) is 39.0 cm³/mol. The van der Waals surface area contributed by atoms with Crippen molar-refractivity contribution in [2.75, 3.05) is 0 Å². The summed E-state index contributed by atoms with van der Waals surface area (Å²) >= 11 is 0. The van der Waals surface area contributed by atoms with Gasteiger partial charge in [0, 0.05) is 0 Å². The summed E-state index contributed by atoms with van der Waals surface area (Å²) in [6, 6.07) is -1.16. The number of carbonyl (C=O) groups excluding carboxylic acids is 1. The van der Waals surface area contributed by atoms with Crippen LogP contribution in [0.3, 0.4) is 0 Å². The fourth-order valence-electron chi connectivity index (χ4n) is 0.206. The van der Waals surface area contributed by atoms with Crippen molar-refractivity contribution in [3.63, 3.8) is 0 Å². The third-order valence-electron chi connectivity index (χ3n) is 0.805. The summed E-state index contributed by atoms with van der Waals surface area (Å²) < 4.78 is 0. The number of aliphatic hydroxyl groups excluding tert-OH is 1. The Kier molecular flexibility index (Phi) is 8.29. The van der Waals surface area contributed by atoms with E-state index in [0.717, 1.165) is 6.29 Å². The summed E-state index contributed by atoms with van der Waals surface area (Å²) in [6.07, 6.45) is -0.229. The van der Waals surface area contributed by atoms with Gasteiger partial charge in [0.15, 0.2) is 0 Å². The molecular weight excluding hydrogens is 150 g/mol. The first-order valence-corrected chi connectivity index (χ1v) is 3.03. The lowest BCUT2D eigenvalue weighted by Gasteiger charge is -2.06. The molecule has 2 atom stereocenters. The van der Waals surface area contributed by atoms with Crippen LogP contribution in [0, 0.1) is 0 Å². The van der Waals surface area contributed by atoms with Crippen molar-refractivity contribution in [2.24, 2.45) is 5.73 Å². The number of aliphatic hydroxyl groups is 1. The Bertz CT molecular complexity index is 124. The second kappa shape index (κ2) is 7.17. The molecule has 0 aromatic carbocycles. The molecule has 0 bridgehead atoms. The molecule has 0 fully saturated rings. The zero-order valence-corrected chi connectivity index (χ0v) is 6.52. The van der Waals surface area contributed by atoms with E-state index in [4.69, 9.17) is 20.7 Å². The number of aliphatic carboxylic acids is 1. The van der Waals surface area contributed by atoms with Gasteiger partial charge in [-0.2, -0.15) is 0 Å². The highest BCUT2D eigenvalue weighted by Crippen LogP contribution is 1.85. The molecular formula is C6H13NO4. The third-order valence-corrected chi connectivity index (χ3v) is 0.805. The molecule has 0 saturated heterocycles. The Labute approximate surface area is 64.8 Å². The van der Waals surface area contributed by atoms with Gasteiger partial charge in [-0.1, -0.05) is 0 Å². The Balaban J connectivity index is 0. The van der Waals surface area contributed by atoms with Gasteiger partial charge in [0.1, 0.15) is 12.3 Å². The third kappa shape index (κ3) is 9.06. The summed E-state index contributed by atoms with van der Waals surface area (Å²) in [5, 5.41) is 16.6. The normalized spacial score (nSPS) is 13.8. The van der Waals surface area contributed by atoms with E-state index in [-0.39, 0.29) is 0 Å². The van der Waals surface area contributed by atoms with Gasteiger partial charge in [-0.25, -0.2) is 0 Å². The lowest BCUT2D eigenvalue weighted by molar-refractivity contribution is -0.140. The maximum atomic E-state index is 9.86. The number of nitrogens with two attached hydrogens (primary N) is 1. The van der Waals surface area contributed by atoms with E-state index < -0.39 is 18.1 Å². The number of carboxylic acid groups (broad SMARTS) is 1. The van der Waals surface area contributed by atoms with E-state index in [9.17, 15) is 4.79 Å². The van der Waals surface area contributed by atoms with E-state index in [1.165, 1.54) is 13.8 Å². The summed E-state index contributed by atoms with van der Waals surface area (Å²) in [4.78, 5) is 18.7. The van der Waals surface area contributed by atoms with Gasteiger partial charge in [-0.05, 0) is 13.8 Å². The molecule has 0 heterocycles. The summed E-state index contributed by atoms with van der Waals surface area (Å²) in [5.41, 5.74) is 4.91. The topological polar surface area (TPSA) is 101 Å². The lowest BCUT2D eigenvalue weighted by atomic mass is 10.2. The van der Waals surface area contributed by atoms with Crippen molar-refractivity contribution in [2.45, 2.75) is 26.0 Å². The molecule has 11 heavy (non-hydrogen) atoms. The Morgan fingerprint density at radius 3 is 1.91 bits per heavy atom. The van der Waals surface area contributed by atoms with E-state index >= 15 is 0 Å². The fourth-order valence-corrected chi connectivity index (χ4v) is 0.206. The first kappa shape index (κ1) is 12.7. The minimum Gasteiger partial charge on any atom is -0.480 e. The van der Waals surface area contributed by atoms with Crippen molar-refractivity contribution < 1.29 is 19.8 Å². The van der Waals surface area contributed by atoms with Crippen LogP contribution >= 0.6 is 0 Å². The van der Waals surface area contributed by atoms with E-state index in [0.29, 0.717) is 0 Å². The fraction of sp³-hybridized carbons (Fsp3) is 0.667. The van der Waals surface area contributed by atoms with Crippen molar-refractivity contribution in [3.05, 3.63) is 0 Å². The van der Waals surface area contributed by atoms with Crippen LogP contribution < -0.4 is 5.73 Å². The number of hydrogen-bond acceptors (Lipinski definition) is 4. The van der Waals surface area contributed by atoms with Crippen molar-refractivity contribution >= 4 is 12.3 Å². The lowest BCUT2D eigenvalue weighted by Crippen LogP contribution is -2.39. The zero-order chi connectivity index (χ0) is 9.44. The number of hydrogen-bond donors (Lipinski definition) is 3. The Hall–Kier alpha value is -0.940. The minimum absolute atomic E-state index is 0.750. The summed E-state index contributed by atoms with van der Waals surface area (Å²) in [5.74, 6) is -1.18. The van der Waals surface area contributed by atoms with Crippen molar-refractivity contribution in [1.29, 1.82) is 0 Å². The Morgan fingerprint density at radius 1 is 1.64 bits per heavy atom. The van der Waals surface area contributed by atoms with E-state index in [1.807, 2.05) is 0 Å². The van der Waals surface area contributed by atoms with Crippen LogP contribution in [0.15, 0.2) is 0 Å². The van der Waals surface area contributed by atoms with E-state index in [1.54, 1.807) is 0 Å². The van der Waals surface area contributed by atoms with Gasteiger partial charge < -0.3 is 20.7 Å². The number of rotatable bonds is 2. The van der Waals surface area contributed by atoms with Gasteiger partial charge in [-0.15, -0.1) is 0 Å². The maximum Gasteiger partial charge on any atom is 0.323 e. The van der Waals surface area contributed by atoms with Crippen LogP contribution in [-0.4, -0.2) is 34.6 Å².